The van der Waals surface area contributed by atoms with E-state index in [9.17, 15) is 9.59 Å². The molecule has 0 aromatic rings. The van der Waals surface area contributed by atoms with Crippen molar-refractivity contribution in [1.82, 2.24) is 5.32 Å². The standard InChI is InChI=1S/C15H25NO4/c1-2-20-9-8-15(6-3-7-15)14(19)16-12-5-4-11(10-12)13(17)18/h11-12H,2-10H2,1H3,(H,16,19)(H,17,18)/t11-,12+/m0/s1. The van der Waals surface area contributed by atoms with E-state index in [1.54, 1.807) is 0 Å². The molecule has 2 aliphatic carbocycles. The largest absolute Gasteiger partial charge is 0.481 e. The van der Waals surface area contributed by atoms with Gasteiger partial charge in [0.1, 0.15) is 0 Å². The fourth-order valence-corrected chi connectivity index (χ4v) is 3.28. The molecule has 20 heavy (non-hydrogen) atoms. The van der Waals surface area contributed by atoms with Crippen LogP contribution < -0.4 is 5.32 Å². The van der Waals surface area contributed by atoms with Crippen molar-refractivity contribution in [2.24, 2.45) is 11.3 Å². The summed E-state index contributed by atoms with van der Waals surface area (Å²) in [5.41, 5.74) is -0.253. The molecule has 2 aliphatic rings. The molecule has 0 aliphatic heterocycles. The lowest BCUT2D eigenvalue weighted by atomic mass is 9.66. The minimum absolute atomic E-state index is 0.0353. The lowest BCUT2D eigenvalue weighted by Gasteiger charge is -2.41. The highest BCUT2D eigenvalue weighted by Crippen LogP contribution is 2.44. The van der Waals surface area contributed by atoms with Crippen molar-refractivity contribution < 1.29 is 19.4 Å². The first-order valence-electron chi connectivity index (χ1n) is 7.69. The number of nitrogens with one attached hydrogen (secondary N) is 1. The van der Waals surface area contributed by atoms with E-state index < -0.39 is 5.97 Å². The number of hydrogen-bond donors (Lipinski definition) is 2. The van der Waals surface area contributed by atoms with Crippen molar-refractivity contribution >= 4 is 11.9 Å². The summed E-state index contributed by atoms with van der Waals surface area (Å²) in [6.07, 6.45) is 5.77. The molecular weight excluding hydrogens is 258 g/mol. The Bertz CT molecular complexity index is 365. The highest BCUT2D eigenvalue weighted by atomic mass is 16.5. The highest BCUT2D eigenvalue weighted by molar-refractivity contribution is 5.84. The Hall–Kier alpha value is -1.10. The molecular formula is C15H25NO4. The van der Waals surface area contributed by atoms with Gasteiger partial charge in [0, 0.05) is 19.3 Å². The number of ether oxygens (including phenoxy) is 1. The first-order valence-corrected chi connectivity index (χ1v) is 7.69. The Balaban J connectivity index is 1.82. The maximum Gasteiger partial charge on any atom is 0.306 e. The van der Waals surface area contributed by atoms with Gasteiger partial charge in [0.15, 0.2) is 0 Å². The second-order valence-electron chi connectivity index (χ2n) is 6.10. The van der Waals surface area contributed by atoms with E-state index in [4.69, 9.17) is 9.84 Å². The summed E-state index contributed by atoms with van der Waals surface area (Å²) in [5.74, 6) is -0.919. The molecule has 114 valence electrons. The molecule has 0 saturated heterocycles. The molecule has 0 bridgehead atoms. The first-order chi connectivity index (χ1) is 9.57. The van der Waals surface area contributed by atoms with Crippen molar-refractivity contribution in [3.05, 3.63) is 0 Å². The summed E-state index contributed by atoms with van der Waals surface area (Å²) in [5, 5.41) is 12.1. The molecule has 0 aromatic heterocycles. The summed E-state index contributed by atoms with van der Waals surface area (Å²) < 4.78 is 5.38. The molecule has 0 radical (unpaired) electrons. The molecule has 0 unspecified atom stereocenters. The van der Waals surface area contributed by atoms with Crippen LogP contribution in [0.15, 0.2) is 0 Å². The number of rotatable bonds is 7. The van der Waals surface area contributed by atoms with E-state index in [1.165, 1.54) is 0 Å². The molecule has 2 saturated carbocycles. The van der Waals surface area contributed by atoms with Gasteiger partial charge >= 0.3 is 5.97 Å². The van der Waals surface area contributed by atoms with Crippen LogP contribution in [-0.2, 0) is 14.3 Å². The van der Waals surface area contributed by atoms with E-state index in [-0.39, 0.29) is 23.3 Å². The third-order valence-electron chi connectivity index (χ3n) is 4.84. The number of aliphatic carboxylic acids is 1. The summed E-state index contributed by atoms with van der Waals surface area (Å²) >= 11 is 0. The minimum atomic E-state index is -0.739. The van der Waals surface area contributed by atoms with Crippen molar-refractivity contribution in [2.45, 2.75) is 57.9 Å². The minimum Gasteiger partial charge on any atom is -0.481 e. The normalized spacial score (nSPS) is 27.9. The zero-order valence-corrected chi connectivity index (χ0v) is 12.2. The quantitative estimate of drug-likeness (QED) is 0.700. The summed E-state index contributed by atoms with van der Waals surface area (Å²) in [6, 6.07) is 0.0353. The molecule has 2 fully saturated rings. The number of carbonyl (C=O) groups is 2. The Morgan fingerprint density at radius 2 is 2.10 bits per heavy atom. The Morgan fingerprint density at radius 1 is 1.35 bits per heavy atom. The monoisotopic (exact) mass is 283 g/mol. The molecule has 2 rings (SSSR count). The average molecular weight is 283 g/mol. The van der Waals surface area contributed by atoms with Crippen LogP contribution in [0, 0.1) is 11.3 Å². The fraction of sp³-hybridized carbons (Fsp3) is 0.867. The second kappa shape index (κ2) is 6.57. The Labute approximate surface area is 120 Å². The predicted molar refractivity (Wildman–Crippen MR) is 74.3 cm³/mol. The topological polar surface area (TPSA) is 75.6 Å². The summed E-state index contributed by atoms with van der Waals surface area (Å²) in [7, 11) is 0. The van der Waals surface area contributed by atoms with E-state index in [0.717, 1.165) is 32.1 Å². The number of carboxylic acids is 1. The Kier molecular flexibility index (Phi) is 5.02. The van der Waals surface area contributed by atoms with Crippen molar-refractivity contribution in [2.75, 3.05) is 13.2 Å². The van der Waals surface area contributed by atoms with Gasteiger partial charge in [-0.05, 0) is 45.4 Å². The third kappa shape index (κ3) is 3.32. The van der Waals surface area contributed by atoms with Gasteiger partial charge in [-0.2, -0.15) is 0 Å². The lowest BCUT2D eigenvalue weighted by molar-refractivity contribution is -0.142. The molecule has 2 N–H and O–H groups in total. The van der Waals surface area contributed by atoms with Gasteiger partial charge in [-0.3, -0.25) is 9.59 Å². The highest BCUT2D eigenvalue weighted by Gasteiger charge is 2.44. The van der Waals surface area contributed by atoms with Crippen LogP contribution >= 0.6 is 0 Å². The van der Waals surface area contributed by atoms with Crippen LogP contribution in [0.5, 0.6) is 0 Å². The molecule has 0 spiro atoms. The van der Waals surface area contributed by atoms with Crippen molar-refractivity contribution in [3.8, 4) is 0 Å². The van der Waals surface area contributed by atoms with Crippen LogP contribution in [0.25, 0.3) is 0 Å². The smallest absolute Gasteiger partial charge is 0.306 e. The van der Waals surface area contributed by atoms with Gasteiger partial charge in [0.25, 0.3) is 0 Å². The van der Waals surface area contributed by atoms with Gasteiger partial charge in [-0.15, -0.1) is 0 Å². The van der Waals surface area contributed by atoms with Crippen LogP contribution in [0.4, 0.5) is 0 Å². The molecule has 2 atom stereocenters. The number of carboxylic acid groups (broad SMARTS) is 1. The van der Waals surface area contributed by atoms with E-state index in [1.807, 2.05) is 6.92 Å². The zero-order valence-electron chi connectivity index (χ0n) is 12.2. The molecule has 0 heterocycles. The van der Waals surface area contributed by atoms with Gasteiger partial charge < -0.3 is 15.2 Å². The van der Waals surface area contributed by atoms with E-state index in [0.29, 0.717) is 26.1 Å². The number of amides is 1. The SMILES string of the molecule is CCOCCC1(C(=O)N[C@@H]2CC[C@H](C(=O)O)C2)CCC1. The molecule has 0 aromatic carbocycles. The van der Waals surface area contributed by atoms with Gasteiger partial charge in [0.05, 0.1) is 11.3 Å². The van der Waals surface area contributed by atoms with E-state index in [2.05, 4.69) is 5.32 Å². The average Bonchev–Trinajstić information content (AvgIpc) is 2.81. The van der Waals surface area contributed by atoms with Gasteiger partial charge in [0.2, 0.25) is 5.91 Å². The van der Waals surface area contributed by atoms with Gasteiger partial charge in [-0.1, -0.05) is 6.42 Å². The lowest BCUT2D eigenvalue weighted by Crippen LogP contribution is -2.49. The molecule has 5 heteroatoms. The maximum absolute atomic E-state index is 12.5. The second-order valence-corrected chi connectivity index (χ2v) is 6.10. The third-order valence-corrected chi connectivity index (χ3v) is 4.84. The number of hydrogen-bond acceptors (Lipinski definition) is 3. The van der Waals surface area contributed by atoms with Crippen LogP contribution in [0.3, 0.4) is 0 Å². The number of carbonyl (C=O) groups excluding carboxylic acids is 1. The van der Waals surface area contributed by atoms with Crippen LogP contribution in [0.1, 0.15) is 51.9 Å². The fourth-order valence-electron chi connectivity index (χ4n) is 3.28. The van der Waals surface area contributed by atoms with Gasteiger partial charge in [-0.25, -0.2) is 0 Å². The van der Waals surface area contributed by atoms with Crippen molar-refractivity contribution in [3.63, 3.8) is 0 Å². The van der Waals surface area contributed by atoms with Crippen LogP contribution in [0.2, 0.25) is 0 Å². The predicted octanol–water partition coefficient (Wildman–Crippen LogP) is 1.95. The zero-order chi connectivity index (χ0) is 14.6. The van der Waals surface area contributed by atoms with Crippen LogP contribution in [-0.4, -0.2) is 36.2 Å². The van der Waals surface area contributed by atoms with Crippen molar-refractivity contribution in [1.29, 1.82) is 0 Å². The summed E-state index contributed by atoms with van der Waals surface area (Å²) in [4.78, 5) is 23.4. The molecule has 1 amide bonds. The maximum atomic E-state index is 12.5. The van der Waals surface area contributed by atoms with E-state index >= 15 is 0 Å². The molecule has 5 nitrogen and oxygen atoms in total. The Morgan fingerprint density at radius 3 is 2.60 bits per heavy atom. The summed E-state index contributed by atoms with van der Waals surface area (Å²) in [6.45, 7) is 3.27. The first kappa shape index (κ1) is 15.3.